The Morgan fingerprint density at radius 2 is 1.71 bits per heavy atom. The quantitative estimate of drug-likeness (QED) is 0.533. The van der Waals surface area contributed by atoms with E-state index in [0.29, 0.717) is 5.41 Å². The zero-order valence-electron chi connectivity index (χ0n) is 11.0. The van der Waals surface area contributed by atoms with Gasteiger partial charge in [-0.25, -0.2) is 0 Å². The van der Waals surface area contributed by atoms with E-state index in [4.69, 9.17) is 0 Å². The molecule has 0 spiro atoms. The van der Waals surface area contributed by atoms with Crippen LogP contribution in [0.15, 0.2) is 24.3 Å². The fourth-order valence-corrected chi connectivity index (χ4v) is 0.866. The van der Waals surface area contributed by atoms with Gasteiger partial charge in [0.1, 0.15) is 0 Å². The van der Waals surface area contributed by atoms with Crippen LogP contribution in [0.25, 0.3) is 0 Å². The third-order valence-electron chi connectivity index (χ3n) is 1.60. The molecule has 14 heavy (non-hydrogen) atoms. The van der Waals surface area contributed by atoms with Crippen LogP contribution >= 0.6 is 0 Å². The van der Waals surface area contributed by atoms with Gasteiger partial charge in [-0.2, -0.15) is 0 Å². The molecule has 0 heteroatoms. The van der Waals surface area contributed by atoms with E-state index in [1.54, 1.807) is 0 Å². The molecule has 0 aromatic rings. The van der Waals surface area contributed by atoms with E-state index >= 15 is 0 Å². The Kier molecular flexibility index (Phi) is 10.3. The number of rotatable bonds is 3. The molecule has 0 saturated heterocycles. The van der Waals surface area contributed by atoms with Crippen molar-refractivity contribution in [2.24, 2.45) is 5.41 Å². The zero-order chi connectivity index (χ0) is 11.6. The third-order valence-corrected chi connectivity index (χ3v) is 1.60. The van der Waals surface area contributed by atoms with Crippen molar-refractivity contribution >= 4 is 0 Å². The standard InChI is InChI=1S/2C7H14/c1-5-6-7(2,3)4;1-4-5-6-7(2)3/h5H,1,6H2,2-4H3;6H,4-5H2,1-3H3. The second kappa shape index (κ2) is 9.05. The van der Waals surface area contributed by atoms with Crippen molar-refractivity contribution in [2.75, 3.05) is 0 Å². The third kappa shape index (κ3) is 22.5. The first-order valence-electron chi connectivity index (χ1n) is 5.57. The molecule has 0 radical (unpaired) electrons. The zero-order valence-corrected chi connectivity index (χ0v) is 11.0. The van der Waals surface area contributed by atoms with Gasteiger partial charge < -0.3 is 0 Å². The van der Waals surface area contributed by atoms with Crippen molar-refractivity contribution in [3.05, 3.63) is 24.3 Å². The summed E-state index contributed by atoms with van der Waals surface area (Å²) < 4.78 is 0. The minimum Gasteiger partial charge on any atom is -0.103 e. The molecule has 84 valence electrons. The SMILES string of the molecule is C=CCC(C)(C)C.CCCC=C(C)C. The van der Waals surface area contributed by atoms with Crippen LogP contribution in [0.4, 0.5) is 0 Å². The molecule has 0 bridgehead atoms. The first kappa shape index (κ1) is 15.9. The van der Waals surface area contributed by atoms with Gasteiger partial charge in [0.15, 0.2) is 0 Å². The predicted molar refractivity (Wildman–Crippen MR) is 68.6 cm³/mol. The molecule has 0 heterocycles. The Morgan fingerprint density at radius 1 is 1.21 bits per heavy atom. The van der Waals surface area contributed by atoms with Gasteiger partial charge in [0.05, 0.1) is 0 Å². The van der Waals surface area contributed by atoms with E-state index in [9.17, 15) is 0 Å². The van der Waals surface area contributed by atoms with Gasteiger partial charge in [-0.15, -0.1) is 6.58 Å². The molecule has 0 aliphatic carbocycles. The molecule has 0 amide bonds. The smallest absolute Gasteiger partial charge is 0.0304 e. The molecule has 0 aromatic carbocycles. The van der Waals surface area contributed by atoms with Crippen LogP contribution in [0.2, 0.25) is 0 Å². The van der Waals surface area contributed by atoms with Gasteiger partial charge in [0.2, 0.25) is 0 Å². The molecule has 0 rings (SSSR count). The lowest BCUT2D eigenvalue weighted by Gasteiger charge is -2.13. The second-order valence-corrected chi connectivity index (χ2v) is 5.12. The fourth-order valence-electron chi connectivity index (χ4n) is 0.866. The van der Waals surface area contributed by atoms with E-state index in [2.05, 4.69) is 54.2 Å². The highest BCUT2D eigenvalue weighted by molar-refractivity contribution is 4.92. The van der Waals surface area contributed by atoms with Crippen LogP contribution in [0.5, 0.6) is 0 Å². The number of hydrogen-bond donors (Lipinski definition) is 0. The first-order chi connectivity index (χ1) is 6.33. The van der Waals surface area contributed by atoms with Crippen molar-refractivity contribution in [1.29, 1.82) is 0 Å². The maximum atomic E-state index is 3.65. The van der Waals surface area contributed by atoms with Crippen LogP contribution in [-0.4, -0.2) is 0 Å². The van der Waals surface area contributed by atoms with Gasteiger partial charge in [-0.3, -0.25) is 0 Å². The highest BCUT2D eigenvalue weighted by atomic mass is 14.1. The lowest BCUT2D eigenvalue weighted by molar-refractivity contribution is 0.421. The minimum absolute atomic E-state index is 0.432. The summed E-state index contributed by atoms with van der Waals surface area (Å²) in [5, 5.41) is 0. The number of allylic oxidation sites excluding steroid dienone is 3. The monoisotopic (exact) mass is 196 g/mol. The van der Waals surface area contributed by atoms with Crippen LogP contribution in [0.1, 0.15) is 60.8 Å². The topological polar surface area (TPSA) is 0 Å². The van der Waals surface area contributed by atoms with Crippen LogP contribution in [-0.2, 0) is 0 Å². The maximum Gasteiger partial charge on any atom is -0.0304 e. The molecule has 0 N–H and O–H groups in total. The molecular weight excluding hydrogens is 168 g/mol. The molecular formula is C14H28. The van der Waals surface area contributed by atoms with E-state index in [-0.39, 0.29) is 0 Å². The summed E-state index contributed by atoms with van der Waals surface area (Å²) in [6.45, 7) is 16.7. The summed E-state index contributed by atoms with van der Waals surface area (Å²) in [6.07, 6.45) is 7.83. The van der Waals surface area contributed by atoms with Crippen LogP contribution in [0.3, 0.4) is 0 Å². The number of hydrogen-bond acceptors (Lipinski definition) is 0. The van der Waals surface area contributed by atoms with Gasteiger partial charge in [-0.1, -0.05) is 51.8 Å². The average molecular weight is 196 g/mol. The lowest BCUT2D eigenvalue weighted by Crippen LogP contribution is -2.01. The molecule has 0 fully saturated rings. The van der Waals surface area contributed by atoms with E-state index in [0.717, 1.165) is 6.42 Å². The van der Waals surface area contributed by atoms with Crippen molar-refractivity contribution in [3.63, 3.8) is 0 Å². The Balaban J connectivity index is 0. The van der Waals surface area contributed by atoms with Crippen molar-refractivity contribution in [2.45, 2.75) is 60.8 Å². The van der Waals surface area contributed by atoms with Gasteiger partial charge in [-0.05, 0) is 32.1 Å². The van der Waals surface area contributed by atoms with Crippen molar-refractivity contribution < 1.29 is 0 Å². The summed E-state index contributed by atoms with van der Waals surface area (Å²) in [6, 6.07) is 0. The fraction of sp³-hybridized carbons (Fsp3) is 0.714. The molecule has 0 nitrogen and oxygen atoms in total. The highest BCUT2D eigenvalue weighted by Gasteiger charge is 2.04. The summed E-state index contributed by atoms with van der Waals surface area (Å²) in [7, 11) is 0. The summed E-state index contributed by atoms with van der Waals surface area (Å²) >= 11 is 0. The van der Waals surface area contributed by atoms with Crippen molar-refractivity contribution in [1.82, 2.24) is 0 Å². The largest absolute Gasteiger partial charge is 0.103 e. The van der Waals surface area contributed by atoms with E-state index in [1.807, 2.05) is 6.08 Å². The Bertz CT molecular complexity index is 151. The average Bonchev–Trinajstić information content (AvgIpc) is 1.99. The molecule has 0 aliphatic heterocycles. The molecule has 0 aromatic heterocycles. The first-order valence-corrected chi connectivity index (χ1v) is 5.57. The highest BCUT2D eigenvalue weighted by Crippen LogP contribution is 2.17. The second-order valence-electron chi connectivity index (χ2n) is 5.12. The van der Waals surface area contributed by atoms with Crippen molar-refractivity contribution in [3.8, 4) is 0 Å². The normalized spacial score (nSPS) is 9.86. The van der Waals surface area contributed by atoms with Gasteiger partial charge >= 0.3 is 0 Å². The van der Waals surface area contributed by atoms with E-state index in [1.165, 1.54) is 18.4 Å². The van der Waals surface area contributed by atoms with Crippen LogP contribution < -0.4 is 0 Å². The van der Waals surface area contributed by atoms with Crippen LogP contribution in [0, 0.1) is 5.41 Å². The summed E-state index contributed by atoms with van der Waals surface area (Å²) in [5.41, 5.74) is 1.86. The lowest BCUT2D eigenvalue weighted by atomic mass is 9.93. The predicted octanol–water partition coefficient (Wildman–Crippen LogP) is 5.36. The molecule has 0 unspecified atom stereocenters. The van der Waals surface area contributed by atoms with E-state index < -0.39 is 0 Å². The number of unbranched alkanes of at least 4 members (excludes halogenated alkanes) is 1. The molecule has 0 aliphatic rings. The molecule has 0 saturated carbocycles. The summed E-state index contributed by atoms with van der Waals surface area (Å²) in [4.78, 5) is 0. The Hall–Kier alpha value is -0.520. The minimum atomic E-state index is 0.432. The Morgan fingerprint density at radius 3 is 1.79 bits per heavy atom. The summed E-state index contributed by atoms with van der Waals surface area (Å²) in [5.74, 6) is 0. The molecule has 0 atom stereocenters. The maximum absolute atomic E-state index is 3.65. The van der Waals surface area contributed by atoms with Gasteiger partial charge in [0, 0.05) is 0 Å². The van der Waals surface area contributed by atoms with Gasteiger partial charge in [0.25, 0.3) is 0 Å². The Labute approximate surface area is 91.1 Å².